The van der Waals surface area contributed by atoms with Gasteiger partial charge >= 0.3 is 5.97 Å². The Labute approximate surface area is 118 Å². The molecule has 1 N–H and O–H groups in total. The smallest absolute Gasteiger partial charge is 0.310 e. The first kappa shape index (κ1) is 14.7. The third-order valence-corrected chi connectivity index (χ3v) is 3.64. The number of carboxylic acid groups (broad SMARTS) is 1. The molecule has 0 bridgehead atoms. The minimum atomic E-state index is -0.813. The standard InChI is InChI=1S/C15H20O5/c1-18-13-4-2-3-5-14(13)20-10-12(15(16)17)11-6-8-19-9-7-11/h2-5,11-12H,6-10H2,1H3,(H,16,17). The van der Waals surface area contributed by atoms with Gasteiger partial charge < -0.3 is 19.3 Å². The molecule has 110 valence electrons. The summed E-state index contributed by atoms with van der Waals surface area (Å²) in [5, 5.41) is 9.38. The van der Waals surface area contributed by atoms with Crippen LogP contribution in [-0.4, -0.2) is 38.0 Å². The van der Waals surface area contributed by atoms with Crippen molar-refractivity contribution in [1.29, 1.82) is 0 Å². The van der Waals surface area contributed by atoms with E-state index in [1.807, 2.05) is 12.1 Å². The summed E-state index contributed by atoms with van der Waals surface area (Å²) in [7, 11) is 1.56. The van der Waals surface area contributed by atoms with E-state index < -0.39 is 11.9 Å². The van der Waals surface area contributed by atoms with Crippen molar-refractivity contribution in [3.8, 4) is 11.5 Å². The molecule has 0 aromatic heterocycles. The van der Waals surface area contributed by atoms with Crippen molar-refractivity contribution >= 4 is 5.97 Å². The van der Waals surface area contributed by atoms with E-state index >= 15 is 0 Å². The van der Waals surface area contributed by atoms with Crippen molar-refractivity contribution in [2.45, 2.75) is 12.8 Å². The second-order valence-electron chi connectivity index (χ2n) is 4.86. The highest BCUT2D eigenvalue weighted by Gasteiger charge is 2.30. The van der Waals surface area contributed by atoms with Gasteiger partial charge in [-0.1, -0.05) is 12.1 Å². The summed E-state index contributed by atoms with van der Waals surface area (Å²) in [5.74, 6) is -0.0245. The summed E-state index contributed by atoms with van der Waals surface area (Å²) in [4.78, 5) is 11.4. The molecule has 2 rings (SSSR count). The van der Waals surface area contributed by atoms with E-state index in [1.165, 1.54) is 0 Å². The van der Waals surface area contributed by atoms with E-state index in [-0.39, 0.29) is 12.5 Å². The molecule has 0 saturated carbocycles. The minimum absolute atomic E-state index is 0.107. The van der Waals surface area contributed by atoms with Gasteiger partial charge in [-0.25, -0.2) is 0 Å². The molecule has 1 unspecified atom stereocenters. The summed E-state index contributed by atoms with van der Waals surface area (Å²) in [6.07, 6.45) is 1.54. The average molecular weight is 280 g/mol. The zero-order valence-electron chi connectivity index (χ0n) is 11.6. The quantitative estimate of drug-likeness (QED) is 0.865. The molecule has 1 aromatic carbocycles. The molecule has 1 atom stereocenters. The SMILES string of the molecule is COc1ccccc1OCC(C(=O)O)C1CCOCC1. The van der Waals surface area contributed by atoms with Crippen molar-refractivity contribution in [1.82, 2.24) is 0 Å². The lowest BCUT2D eigenvalue weighted by atomic mass is 9.86. The van der Waals surface area contributed by atoms with Crippen LogP contribution in [0.2, 0.25) is 0 Å². The molecule has 0 aliphatic carbocycles. The van der Waals surface area contributed by atoms with E-state index in [4.69, 9.17) is 14.2 Å². The Bertz CT molecular complexity index is 440. The fourth-order valence-electron chi connectivity index (χ4n) is 2.44. The maximum Gasteiger partial charge on any atom is 0.310 e. The van der Waals surface area contributed by atoms with Gasteiger partial charge in [-0.05, 0) is 30.9 Å². The van der Waals surface area contributed by atoms with Crippen molar-refractivity contribution in [2.75, 3.05) is 26.9 Å². The topological polar surface area (TPSA) is 65.0 Å². The zero-order valence-corrected chi connectivity index (χ0v) is 11.6. The van der Waals surface area contributed by atoms with E-state index in [1.54, 1.807) is 19.2 Å². The Balaban J connectivity index is 1.99. The van der Waals surface area contributed by atoms with Crippen molar-refractivity contribution in [2.24, 2.45) is 11.8 Å². The van der Waals surface area contributed by atoms with E-state index in [0.29, 0.717) is 24.7 Å². The summed E-state index contributed by atoms with van der Waals surface area (Å²) < 4.78 is 16.1. The molecule has 1 saturated heterocycles. The molecular weight excluding hydrogens is 260 g/mol. The van der Waals surface area contributed by atoms with Gasteiger partial charge in [0.25, 0.3) is 0 Å². The van der Waals surface area contributed by atoms with Crippen LogP contribution < -0.4 is 9.47 Å². The van der Waals surface area contributed by atoms with Gasteiger partial charge in [-0.15, -0.1) is 0 Å². The lowest BCUT2D eigenvalue weighted by Gasteiger charge is -2.27. The summed E-state index contributed by atoms with van der Waals surface area (Å²) in [6, 6.07) is 7.25. The lowest BCUT2D eigenvalue weighted by Crippen LogP contribution is -2.33. The van der Waals surface area contributed by atoms with E-state index in [0.717, 1.165) is 12.8 Å². The second-order valence-corrected chi connectivity index (χ2v) is 4.86. The minimum Gasteiger partial charge on any atom is -0.493 e. The normalized spacial score (nSPS) is 17.4. The number of carboxylic acids is 1. The van der Waals surface area contributed by atoms with E-state index in [2.05, 4.69) is 0 Å². The van der Waals surface area contributed by atoms with Crippen LogP contribution in [0.1, 0.15) is 12.8 Å². The predicted octanol–water partition coefficient (Wildman–Crippen LogP) is 2.20. The average Bonchev–Trinajstić information content (AvgIpc) is 2.48. The van der Waals surface area contributed by atoms with Gasteiger partial charge in [0.15, 0.2) is 11.5 Å². The number of aliphatic carboxylic acids is 1. The summed E-state index contributed by atoms with van der Waals surface area (Å²) in [5.41, 5.74) is 0. The second kappa shape index (κ2) is 7.14. The highest BCUT2D eigenvalue weighted by Crippen LogP contribution is 2.29. The zero-order chi connectivity index (χ0) is 14.4. The van der Waals surface area contributed by atoms with Crippen LogP contribution in [0.5, 0.6) is 11.5 Å². The number of benzene rings is 1. The molecule has 1 fully saturated rings. The molecule has 5 nitrogen and oxygen atoms in total. The first-order valence-electron chi connectivity index (χ1n) is 6.78. The Hall–Kier alpha value is -1.75. The molecule has 1 aliphatic rings. The fraction of sp³-hybridized carbons (Fsp3) is 0.533. The predicted molar refractivity (Wildman–Crippen MR) is 73.2 cm³/mol. The number of hydrogen-bond acceptors (Lipinski definition) is 4. The van der Waals surface area contributed by atoms with Crippen LogP contribution in [0, 0.1) is 11.8 Å². The van der Waals surface area contributed by atoms with Gasteiger partial charge in [0, 0.05) is 13.2 Å². The van der Waals surface area contributed by atoms with E-state index in [9.17, 15) is 9.90 Å². The van der Waals surface area contributed by atoms with Gasteiger partial charge in [0.2, 0.25) is 0 Å². The third-order valence-electron chi connectivity index (χ3n) is 3.64. The Morgan fingerprint density at radius 1 is 1.35 bits per heavy atom. The first-order chi connectivity index (χ1) is 9.72. The number of ether oxygens (including phenoxy) is 3. The molecule has 0 radical (unpaired) electrons. The Morgan fingerprint density at radius 3 is 2.60 bits per heavy atom. The molecular formula is C15H20O5. The maximum absolute atomic E-state index is 11.4. The molecule has 1 heterocycles. The van der Waals surface area contributed by atoms with Crippen LogP contribution in [-0.2, 0) is 9.53 Å². The number of rotatable bonds is 6. The van der Waals surface area contributed by atoms with Crippen molar-refractivity contribution < 1.29 is 24.1 Å². The molecule has 1 aliphatic heterocycles. The first-order valence-corrected chi connectivity index (χ1v) is 6.78. The molecule has 0 spiro atoms. The van der Waals surface area contributed by atoms with Gasteiger partial charge in [-0.3, -0.25) is 4.79 Å². The van der Waals surface area contributed by atoms with Crippen LogP contribution in [0.3, 0.4) is 0 Å². The molecule has 20 heavy (non-hydrogen) atoms. The maximum atomic E-state index is 11.4. The Kier molecular flexibility index (Phi) is 5.24. The molecule has 5 heteroatoms. The van der Waals surface area contributed by atoms with Crippen molar-refractivity contribution in [3.05, 3.63) is 24.3 Å². The number of methoxy groups -OCH3 is 1. The largest absolute Gasteiger partial charge is 0.493 e. The highest BCUT2D eigenvalue weighted by atomic mass is 16.5. The van der Waals surface area contributed by atoms with Crippen LogP contribution in [0.25, 0.3) is 0 Å². The van der Waals surface area contributed by atoms with Crippen LogP contribution in [0.15, 0.2) is 24.3 Å². The number of carbonyl (C=O) groups is 1. The summed E-state index contributed by atoms with van der Waals surface area (Å²) in [6.45, 7) is 1.41. The lowest BCUT2D eigenvalue weighted by molar-refractivity contribution is -0.146. The van der Waals surface area contributed by atoms with Gasteiger partial charge in [-0.2, -0.15) is 0 Å². The fourth-order valence-corrected chi connectivity index (χ4v) is 2.44. The Morgan fingerprint density at radius 2 is 2.00 bits per heavy atom. The monoisotopic (exact) mass is 280 g/mol. The van der Waals surface area contributed by atoms with Crippen LogP contribution >= 0.6 is 0 Å². The third kappa shape index (κ3) is 3.63. The molecule has 0 amide bonds. The summed E-state index contributed by atoms with van der Waals surface area (Å²) >= 11 is 0. The number of hydrogen-bond donors (Lipinski definition) is 1. The van der Waals surface area contributed by atoms with Crippen molar-refractivity contribution in [3.63, 3.8) is 0 Å². The number of para-hydroxylation sites is 2. The van der Waals surface area contributed by atoms with Crippen LogP contribution in [0.4, 0.5) is 0 Å². The highest BCUT2D eigenvalue weighted by molar-refractivity contribution is 5.70. The molecule has 1 aromatic rings. The van der Waals surface area contributed by atoms with Gasteiger partial charge in [0.1, 0.15) is 6.61 Å². The van der Waals surface area contributed by atoms with Gasteiger partial charge in [0.05, 0.1) is 13.0 Å².